The summed E-state index contributed by atoms with van der Waals surface area (Å²) in [6.07, 6.45) is 21.1. The van der Waals surface area contributed by atoms with E-state index in [1.807, 2.05) is 15.7 Å². The molecule has 0 amide bonds. The summed E-state index contributed by atoms with van der Waals surface area (Å²) in [5, 5.41) is 0. The highest BCUT2D eigenvalue weighted by Crippen LogP contribution is 2.27. The van der Waals surface area contributed by atoms with Crippen LogP contribution in [0.3, 0.4) is 0 Å². The van der Waals surface area contributed by atoms with E-state index in [1.165, 1.54) is 38.5 Å². The average molecular weight is 766 g/mol. The number of esters is 2. The van der Waals surface area contributed by atoms with E-state index in [9.17, 15) is 19.2 Å². The summed E-state index contributed by atoms with van der Waals surface area (Å²) < 4.78 is 35.1. The van der Waals surface area contributed by atoms with Crippen molar-refractivity contribution in [3.05, 3.63) is 18.7 Å². The minimum absolute atomic E-state index is 0.0468. The molecule has 2 rings (SSSR count). The first-order valence-electron chi connectivity index (χ1n) is 21.0. The van der Waals surface area contributed by atoms with Crippen molar-refractivity contribution in [3.8, 4) is 0 Å². The minimum Gasteiger partial charge on any atom is -0.462 e. The molecular formula is C41H71N3O10. The number of cyclic esters (lactones) is 6. The Morgan fingerprint density at radius 2 is 1.19 bits per heavy atom. The molecule has 310 valence electrons. The molecule has 0 bridgehead atoms. The number of unbranched alkanes of at least 4 members (excludes halogenated alkanes) is 10. The van der Waals surface area contributed by atoms with Crippen molar-refractivity contribution in [2.45, 2.75) is 168 Å². The number of rotatable bonds is 19. The Kier molecular flexibility index (Phi) is 26.8. The highest BCUT2D eigenvalue weighted by molar-refractivity contribution is 5.70. The van der Waals surface area contributed by atoms with E-state index < -0.39 is 24.2 Å². The number of ether oxygens (including phenoxy) is 6. The van der Waals surface area contributed by atoms with Crippen LogP contribution in [0.15, 0.2) is 18.7 Å². The van der Waals surface area contributed by atoms with E-state index in [0.717, 1.165) is 70.8 Å². The molecule has 3 unspecified atom stereocenters. The molecule has 0 radical (unpaired) electrons. The van der Waals surface area contributed by atoms with E-state index >= 15 is 0 Å². The number of nitrogens with zero attached hydrogens (tertiary/aromatic N) is 3. The highest BCUT2D eigenvalue weighted by Gasteiger charge is 2.27. The van der Waals surface area contributed by atoms with Gasteiger partial charge in [-0.2, -0.15) is 0 Å². The number of imidazole rings is 1. The fourth-order valence-electron chi connectivity index (χ4n) is 6.75. The van der Waals surface area contributed by atoms with Crippen LogP contribution in [0, 0.1) is 5.92 Å². The Balaban J connectivity index is 2.09. The second-order valence-electron chi connectivity index (χ2n) is 14.4. The minimum atomic E-state index is -0.774. The molecule has 1 fully saturated rings. The summed E-state index contributed by atoms with van der Waals surface area (Å²) in [6, 6.07) is 0. The largest absolute Gasteiger partial charge is 0.508 e. The van der Waals surface area contributed by atoms with Gasteiger partial charge >= 0.3 is 24.2 Å². The van der Waals surface area contributed by atoms with E-state index in [2.05, 4.69) is 25.8 Å². The first kappa shape index (κ1) is 46.8. The molecule has 0 N–H and O–H groups in total. The maximum absolute atomic E-state index is 12.9. The lowest BCUT2D eigenvalue weighted by molar-refractivity contribution is -0.145. The third-order valence-electron chi connectivity index (χ3n) is 9.99. The highest BCUT2D eigenvalue weighted by atomic mass is 16.7. The number of hydrogen-bond donors (Lipinski definition) is 0. The summed E-state index contributed by atoms with van der Waals surface area (Å²) >= 11 is 0. The quantitative estimate of drug-likeness (QED) is 0.0754. The fourth-order valence-corrected chi connectivity index (χ4v) is 6.75. The molecule has 13 nitrogen and oxygen atoms in total. The molecule has 0 aliphatic carbocycles. The van der Waals surface area contributed by atoms with Crippen LogP contribution >= 0.6 is 0 Å². The first-order valence-corrected chi connectivity index (χ1v) is 21.0. The number of carbonyl (C=O) groups is 4. The SMILES string of the molecule is CCCCCCCCC1CCC(CC)C(CCCCCCCC)OC(=O)OCCOC(=O)CCN(CCCn2ccnc2)CCC(=O)OCCOC(=O)O1. The van der Waals surface area contributed by atoms with Crippen LogP contribution < -0.4 is 0 Å². The Bertz CT molecular complexity index is 1120. The number of aromatic nitrogens is 2. The lowest BCUT2D eigenvalue weighted by Crippen LogP contribution is -2.31. The van der Waals surface area contributed by atoms with E-state index in [-0.39, 0.29) is 57.4 Å². The summed E-state index contributed by atoms with van der Waals surface area (Å²) in [7, 11) is 0. The van der Waals surface area contributed by atoms with Gasteiger partial charge in [0.1, 0.15) is 38.6 Å². The topological polar surface area (TPSA) is 145 Å². The molecule has 1 aromatic heterocycles. The van der Waals surface area contributed by atoms with Gasteiger partial charge in [-0.3, -0.25) is 9.59 Å². The first-order chi connectivity index (χ1) is 26.3. The van der Waals surface area contributed by atoms with Crippen molar-refractivity contribution < 1.29 is 47.6 Å². The lowest BCUT2D eigenvalue weighted by Gasteiger charge is -2.27. The van der Waals surface area contributed by atoms with Gasteiger partial charge in [-0.25, -0.2) is 14.6 Å². The monoisotopic (exact) mass is 766 g/mol. The number of carbonyl (C=O) groups excluding carboxylic acids is 4. The molecule has 2 heterocycles. The Morgan fingerprint density at radius 1 is 0.630 bits per heavy atom. The van der Waals surface area contributed by atoms with Crippen LogP contribution in [-0.2, 0) is 44.6 Å². The zero-order valence-corrected chi connectivity index (χ0v) is 33.7. The average Bonchev–Trinajstić information content (AvgIpc) is 3.68. The van der Waals surface area contributed by atoms with Crippen molar-refractivity contribution >= 4 is 24.2 Å². The molecule has 0 spiro atoms. The predicted octanol–water partition coefficient (Wildman–Crippen LogP) is 8.81. The second-order valence-corrected chi connectivity index (χ2v) is 14.4. The van der Waals surface area contributed by atoms with Gasteiger partial charge < -0.3 is 37.9 Å². The Morgan fingerprint density at radius 3 is 1.76 bits per heavy atom. The number of hydrogen-bond acceptors (Lipinski definition) is 12. The molecule has 1 aliphatic heterocycles. The van der Waals surface area contributed by atoms with Gasteiger partial charge in [-0.1, -0.05) is 85.0 Å². The van der Waals surface area contributed by atoms with Gasteiger partial charge in [0.05, 0.1) is 19.2 Å². The van der Waals surface area contributed by atoms with E-state index in [0.29, 0.717) is 32.5 Å². The van der Waals surface area contributed by atoms with Gasteiger partial charge in [-0.15, -0.1) is 0 Å². The molecule has 1 saturated heterocycles. The third-order valence-corrected chi connectivity index (χ3v) is 9.99. The Hall–Kier alpha value is -3.35. The Labute approximate surface area is 324 Å². The van der Waals surface area contributed by atoms with Crippen molar-refractivity contribution in [1.82, 2.24) is 14.5 Å². The van der Waals surface area contributed by atoms with Crippen LogP contribution in [0.4, 0.5) is 9.59 Å². The summed E-state index contributed by atoms with van der Waals surface area (Å²) in [5.41, 5.74) is 0. The summed E-state index contributed by atoms with van der Waals surface area (Å²) in [6.45, 7) is 8.25. The number of aryl methyl sites for hydroxylation is 1. The molecular weight excluding hydrogens is 694 g/mol. The molecule has 13 heteroatoms. The van der Waals surface area contributed by atoms with Gasteiger partial charge in [0.2, 0.25) is 0 Å². The maximum atomic E-state index is 12.9. The van der Waals surface area contributed by atoms with Crippen molar-refractivity contribution in [3.63, 3.8) is 0 Å². The molecule has 54 heavy (non-hydrogen) atoms. The van der Waals surface area contributed by atoms with Crippen LogP contribution in [0.5, 0.6) is 0 Å². The molecule has 3 atom stereocenters. The second kappa shape index (κ2) is 30.9. The maximum Gasteiger partial charge on any atom is 0.508 e. The van der Waals surface area contributed by atoms with E-state index in [1.54, 1.807) is 12.5 Å². The smallest absolute Gasteiger partial charge is 0.462 e. The molecule has 1 aromatic rings. The van der Waals surface area contributed by atoms with Gasteiger partial charge in [-0.05, 0) is 63.8 Å². The van der Waals surface area contributed by atoms with Crippen LogP contribution in [0.25, 0.3) is 0 Å². The molecule has 0 aromatic carbocycles. The molecule has 0 saturated carbocycles. The van der Waals surface area contributed by atoms with Crippen LogP contribution in [0.2, 0.25) is 0 Å². The third kappa shape index (κ3) is 23.4. The molecule has 1 aliphatic rings. The van der Waals surface area contributed by atoms with Crippen molar-refractivity contribution in [2.24, 2.45) is 5.92 Å². The van der Waals surface area contributed by atoms with Gasteiger partial charge in [0, 0.05) is 32.0 Å². The van der Waals surface area contributed by atoms with Gasteiger partial charge in [0.15, 0.2) is 0 Å². The lowest BCUT2D eigenvalue weighted by atomic mass is 9.88. The van der Waals surface area contributed by atoms with Gasteiger partial charge in [0.25, 0.3) is 0 Å². The zero-order chi connectivity index (χ0) is 39.1. The summed E-state index contributed by atoms with van der Waals surface area (Å²) in [4.78, 5) is 56.9. The zero-order valence-electron chi connectivity index (χ0n) is 33.7. The normalized spacial score (nSPS) is 21.1. The fraction of sp³-hybridized carbons (Fsp3) is 0.829. The van der Waals surface area contributed by atoms with Crippen molar-refractivity contribution in [1.29, 1.82) is 0 Å². The van der Waals surface area contributed by atoms with E-state index in [4.69, 9.17) is 28.4 Å². The standard InChI is InChI=1S/C41H71N3O10/c1-4-7-9-11-13-15-18-36-21-20-35(6-3)37(19-16-14-12-10-8-5-2)54-41(48)52-33-31-50-39(46)23-28-43(25-17-26-44-29-24-42-34-44)27-22-38(45)49-30-32-51-40(47)53-36/h24,29,34-37H,4-23,25-28,30-33H2,1-3H3. The van der Waals surface area contributed by atoms with Crippen LogP contribution in [-0.4, -0.2) is 97.0 Å². The predicted molar refractivity (Wildman–Crippen MR) is 206 cm³/mol. The summed E-state index contributed by atoms with van der Waals surface area (Å²) in [5.74, 6) is -0.796. The van der Waals surface area contributed by atoms with Crippen LogP contribution in [0.1, 0.15) is 149 Å². The van der Waals surface area contributed by atoms with Crippen molar-refractivity contribution in [2.75, 3.05) is 46.1 Å².